The molecule has 0 bridgehead atoms. The molecule has 3 nitrogen and oxygen atoms in total. The Hall–Kier alpha value is -1.94. The average Bonchev–Trinajstić information content (AvgIpc) is 2.38. The SMILES string of the molecule is Cc1cccnc1COc1ccc(C(N)=S)cc1. The molecular weight excluding hydrogens is 244 g/mol. The average molecular weight is 258 g/mol. The van der Waals surface area contributed by atoms with Crippen molar-refractivity contribution in [1.29, 1.82) is 0 Å². The molecule has 92 valence electrons. The van der Waals surface area contributed by atoms with Crippen LogP contribution in [0, 0.1) is 6.92 Å². The van der Waals surface area contributed by atoms with Gasteiger partial charge in [0.2, 0.25) is 0 Å². The molecule has 0 atom stereocenters. The molecule has 0 amide bonds. The second-order valence-electron chi connectivity index (χ2n) is 3.94. The highest BCUT2D eigenvalue weighted by Crippen LogP contribution is 2.14. The Kier molecular flexibility index (Phi) is 3.89. The van der Waals surface area contributed by atoms with E-state index in [9.17, 15) is 0 Å². The first-order valence-corrected chi connectivity index (χ1v) is 6.01. The van der Waals surface area contributed by atoms with Gasteiger partial charge in [0.05, 0.1) is 5.69 Å². The van der Waals surface area contributed by atoms with Crippen molar-refractivity contribution >= 4 is 17.2 Å². The van der Waals surface area contributed by atoms with Crippen LogP contribution in [0.15, 0.2) is 42.6 Å². The van der Waals surface area contributed by atoms with Gasteiger partial charge in [0, 0.05) is 11.8 Å². The summed E-state index contributed by atoms with van der Waals surface area (Å²) >= 11 is 4.89. The van der Waals surface area contributed by atoms with Gasteiger partial charge in [-0.15, -0.1) is 0 Å². The molecule has 0 saturated carbocycles. The van der Waals surface area contributed by atoms with E-state index in [1.54, 1.807) is 6.20 Å². The third-order valence-corrected chi connectivity index (χ3v) is 2.87. The van der Waals surface area contributed by atoms with Crippen molar-refractivity contribution in [1.82, 2.24) is 4.98 Å². The van der Waals surface area contributed by atoms with Gasteiger partial charge in [0.1, 0.15) is 17.3 Å². The molecule has 0 saturated heterocycles. The minimum atomic E-state index is 0.391. The topological polar surface area (TPSA) is 48.1 Å². The van der Waals surface area contributed by atoms with Crippen LogP contribution in [0.5, 0.6) is 5.75 Å². The summed E-state index contributed by atoms with van der Waals surface area (Å²) in [4.78, 5) is 4.66. The lowest BCUT2D eigenvalue weighted by atomic mass is 10.2. The van der Waals surface area contributed by atoms with Gasteiger partial charge in [-0.05, 0) is 42.8 Å². The zero-order chi connectivity index (χ0) is 13.0. The number of aromatic nitrogens is 1. The predicted molar refractivity (Wildman–Crippen MR) is 75.6 cm³/mol. The smallest absolute Gasteiger partial charge is 0.130 e. The third kappa shape index (κ3) is 3.05. The number of nitrogens with zero attached hydrogens (tertiary/aromatic N) is 1. The third-order valence-electron chi connectivity index (χ3n) is 2.63. The highest BCUT2D eigenvalue weighted by Gasteiger charge is 2.01. The zero-order valence-corrected chi connectivity index (χ0v) is 10.9. The van der Waals surface area contributed by atoms with E-state index in [0.29, 0.717) is 11.6 Å². The summed E-state index contributed by atoms with van der Waals surface area (Å²) in [6, 6.07) is 11.3. The van der Waals surface area contributed by atoms with Crippen LogP contribution < -0.4 is 10.5 Å². The lowest BCUT2D eigenvalue weighted by molar-refractivity contribution is 0.300. The first-order valence-electron chi connectivity index (χ1n) is 5.60. The number of benzene rings is 1. The second-order valence-corrected chi connectivity index (χ2v) is 4.38. The van der Waals surface area contributed by atoms with Crippen LogP contribution in [0.3, 0.4) is 0 Å². The number of hydrogen-bond acceptors (Lipinski definition) is 3. The fraction of sp³-hybridized carbons (Fsp3) is 0.143. The van der Waals surface area contributed by atoms with E-state index in [0.717, 1.165) is 22.6 Å². The van der Waals surface area contributed by atoms with Crippen molar-refractivity contribution in [2.75, 3.05) is 0 Å². The van der Waals surface area contributed by atoms with E-state index in [4.69, 9.17) is 22.7 Å². The van der Waals surface area contributed by atoms with Crippen LogP contribution in [0.1, 0.15) is 16.8 Å². The van der Waals surface area contributed by atoms with E-state index < -0.39 is 0 Å². The quantitative estimate of drug-likeness (QED) is 0.856. The number of thiocarbonyl (C=S) groups is 1. The summed E-state index contributed by atoms with van der Waals surface area (Å²) in [7, 11) is 0. The molecule has 0 spiro atoms. The highest BCUT2D eigenvalue weighted by atomic mass is 32.1. The number of hydrogen-bond donors (Lipinski definition) is 1. The molecule has 2 aromatic rings. The van der Waals surface area contributed by atoms with Crippen molar-refractivity contribution in [2.24, 2.45) is 5.73 Å². The Balaban J connectivity index is 2.02. The molecule has 0 radical (unpaired) electrons. The van der Waals surface area contributed by atoms with E-state index in [1.165, 1.54) is 0 Å². The van der Waals surface area contributed by atoms with Crippen molar-refractivity contribution in [3.8, 4) is 5.75 Å². The van der Waals surface area contributed by atoms with Crippen molar-refractivity contribution in [3.63, 3.8) is 0 Å². The molecule has 0 aliphatic rings. The van der Waals surface area contributed by atoms with Gasteiger partial charge >= 0.3 is 0 Å². The minimum absolute atomic E-state index is 0.391. The van der Waals surface area contributed by atoms with E-state index in [2.05, 4.69) is 4.98 Å². The maximum absolute atomic E-state index is 5.66. The van der Waals surface area contributed by atoms with Crippen molar-refractivity contribution < 1.29 is 4.74 Å². The van der Waals surface area contributed by atoms with Gasteiger partial charge in [-0.3, -0.25) is 4.98 Å². The number of rotatable bonds is 4. The Morgan fingerprint density at radius 2 is 2.00 bits per heavy atom. The lowest BCUT2D eigenvalue weighted by Crippen LogP contribution is -2.08. The lowest BCUT2D eigenvalue weighted by Gasteiger charge is -2.08. The Morgan fingerprint density at radius 1 is 1.28 bits per heavy atom. The molecule has 0 aliphatic heterocycles. The molecule has 0 fully saturated rings. The molecule has 2 N–H and O–H groups in total. The number of aryl methyl sites for hydroxylation is 1. The maximum atomic E-state index is 5.66. The fourth-order valence-corrected chi connectivity index (χ4v) is 1.67. The first-order chi connectivity index (χ1) is 8.66. The summed E-state index contributed by atoms with van der Waals surface area (Å²) in [5, 5.41) is 0. The minimum Gasteiger partial charge on any atom is -0.487 e. The largest absolute Gasteiger partial charge is 0.487 e. The van der Waals surface area contributed by atoms with E-state index in [1.807, 2.05) is 43.3 Å². The molecule has 1 heterocycles. The Bertz CT molecular complexity index is 552. The molecule has 1 aromatic heterocycles. The highest BCUT2D eigenvalue weighted by molar-refractivity contribution is 7.80. The van der Waals surface area contributed by atoms with Crippen LogP contribution >= 0.6 is 12.2 Å². The number of pyridine rings is 1. The summed E-state index contributed by atoms with van der Waals surface area (Å²) in [6.07, 6.45) is 1.77. The Morgan fingerprint density at radius 3 is 2.61 bits per heavy atom. The fourth-order valence-electron chi connectivity index (χ4n) is 1.54. The zero-order valence-electron chi connectivity index (χ0n) is 10.1. The molecule has 0 aliphatic carbocycles. The predicted octanol–water partition coefficient (Wildman–Crippen LogP) is 2.60. The second kappa shape index (κ2) is 5.60. The van der Waals surface area contributed by atoms with E-state index in [-0.39, 0.29) is 0 Å². The molecule has 0 unspecified atom stereocenters. The molecular formula is C14H14N2OS. The van der Waals surface area contributed by atoms with Crippen molar-refractivity contribution in [3.05, 3.63) is 59.4 Å². The Labute approximate surface area is 112 Å². The first kappa shape index (κ1) is 12.5. The van der Waals surface area contributed by atoms with Gasteiger partial charge in [0.15, 0.2) is 0 Å². The molecule has 18 heavy (non-hydrogen) atoms. The van der Waals surface area contributed by atoms with Gasteiger partial charge in [-0.25, -0.2) is 0 Å². The monoisotopic (exact) mass is 258 g/mol. The summed E-state index contributed by atoms with van der Waals surface area (Å²) < 4.78 is 5.66. The van der Waals surface area contributed by atoms with Crippen LogP contribution in [-0.2, 0) is 6.61 Å². The number of nitrogens with two attached hydrogens (primary N) is 1. The summed E-state index contributed by atoms with van der Waals surface area (Å²) in [5.41, 5.74) is 8.43. The van der Waals surface area contributed by atoms with Gasteiger partial charge in [-0.2, -0.15) is 0 Å². The normalized spacial score (nSPS) is 10.1. The van der Waals surface area contributed by atoms with Crippen molar-refractivity contribution in [2.45, 2.75) is 13.5 Å². The maximum Gasteiger partial charge on any atom is 0.130 e. The standard InChI is InChI=1S/C14H14N2OS/c1-10-3-2-8-16-13(10)9-17-12-6-4-11(5-7-12)14(15)18/h2-8H,9H2,1H3,(H2,15,18). The van der Waals surface area contributed by atoms with E-state index >= 15 is 0 Å². The van der Waals surface area contributed by atoms with Crippen LogP contribution in [0.2, 0.25) is 0 Å². The van der Waals surface area contributed by atoms with Crippen LogP contribution in [0.4, 0.5) is 0 Å². The molecule has 2 rings (SSSR count). The van der Waals surface area contributed by atoms with Crippen LogP contribution in [-0.4, -0.2) is 9.97 Å². The van der Waals surface area contributed by atoms with Gasteiger partial charge < -0.3 is 10.5 Å². The summed E-state index contributed by atoms with van der Waals surface area (Å²) in [6.45, 7) is 2.47. The number of ether oxygens (including phenoxy) is 1. The van der Waals surface area contributed by atoms with Crippen LogP contribution in [0.25, 0.3) is 0 Å². The molecule has 1 aromatic carbocycles. The van der Waals surface area contributed by atoms with Gasteiger partial charge in [-0.1, -0.05) is 18.3 Å². The summed E-state index contributed by atoms with van der Waals surface area (Å²) in [5.74, 6) is 0.778. The molecule has 4 heteroatoms. The van der Waals surface area contributed by atoms with Gasteiger partial charge in [0.25, 0.3) is 0 Å².